The quantitative estimate of drug-likeness (QED) is 0.819. The van der Waals surface area contributed by atoms with Crippen molar-refractivity contribution in [3.05, 3.63) is 70.0 Å². The summed E-state index contributed by atoms with van der Waals surface area (Å²) in [6.07, 6.45) is 2.27. The molecule has 5 heteroatoms. The van der Waals surface area contributed by atoms with Crippen LogP contribution in [0.15, 0.2) is 53.0 Å². The molecule has 0 radical (unpaired) electrons. The Morgan fingerprint density at radius 1 is 1.24 bits per heavy atom. The molecule has 0 aliphatic rings. The first-order valence-electron chi connectivity index (χ1n) is 6.12. The van der Waals surface area contributed by atoms with E-state index in [1.54, 1.807) is 6.07 Å². The zero-order valence-corrected chi connectivity index (χ0v) is 12.5. The summed E-state index contributed by atoms with van der Waals surface area (Å²) in [6, 6.07) is 11.7. The minimum absolute atomic E-state index is 0.304. The van der Waals surface area contributed by atoms with Crippen LogP contribution >= 0.6 is 15.9 Å². The maximum absolute atomic E-state index is 13.5. The predicted octanol–water partition coefficient (Wildman–Crippen LogP) is 4.27. The molecule has 0 saturated carbocycles. The molecule has 108 valence electrons. The van der Waals surface area contributed by atoms with E-state index in [0.29, 0.717) is 17.9 Å². The maximum atomic E-state index is 13.5. The van der Waals surface area contributed by atoms with Gasteiger partial charge in [-0.3, -0.25) is 0 Å². The summed E-state index contributed by atoms with van der Waals surface area (Å²) >= 11 is 3.34. The molecule has 0 heterocycles. The van der Waals surface area contributed by atoms with Crippen molar-refractivity contribution < 1.29 is 19.0 Å². The number of hydrogen-bond donors (Lipinski definition) is 1. The molecule has 0 spiro atoms. The van der Waals surface area contributed by atoms with Crippen LogP contribution in [0.4, 0.5) is 4.39 Å². The van der Waals surface area contributed by atoms with Crippen LogP contribution in [0.25, 0.3) is 6.08 Å². The molecule has 2 aromatic carbocycles. The van der Waals surface area contributed by atoms with Crippen molar-refractivity contribution in [2.24, 2.45) is 0 Å². The standard InChI is InChI=1S/C16H12BrFO3/c17-13-4-1-11(2-5-13)10-21-15-8-12(3-6-16(19)20)7-14(18)9-15/h1-9H,10H2,(H,19,20)/b6-3+. The molecule has 2 aromatic rings. The summed E-state index contributed by atoms with van der Waals surface area (Å²) in [4.78, 5) is 10.5. The van der Waals surface area contributed by atoms with Crippen LogP contribution in [0, 0.1) is 5.82 Å². The summed E-state index contributed by atoms with van der Waals surface area (Å²) in [5.41, 5.74) is 1.38. The van der Waals surface area contributed by atoms with E-state index in [1.165, 1.54) is 18.2 Å². The number of rotatable bonds is 5. The zero-order chi connectivity index (χ0) is 15.2. The molecule has 0 unspecified atom stereocenters. The van der Waals surface area contributed by atoms with Crippen LogP contribution in [-0.2, 0) is 11.4 Å². The van der Waals surface area contributed by atoms with Gasteiger partial charge in [-0.2, -0.15) is 0 Å². The molecule has 0 atom stereocenters. The minimum atomic E-state index is -1.09. The molecular formula is C16H12BrFO3. The van der Waals surface area contributed by atoms with Crippen LogP contribution in [0.1, 0.15) is 11.1 Å². The number of carboxylic acid groups (broad SMARTS) is 1. The summed E-state index contributed by atoms with van der Waals surface area (Å²) in [5.74, 6) is -1.21. The highest BCUT2D eigenvalue weighted by molar-refractivity contribution is 9.10. The molecule has 0 aliphatic carbocycles. The lowest BCUT2D eigenvalue weighted by molar-refractivity contribution is -0.131. The van der Waals surface area contributed by atoms with Gasteiger partial charge in [0, 0.05) is 16.6 Å². The predicted molar refractivity (Wildman–Crippen MR) is 81.5 cm³/mol. The van der Waals surface area contributed by atoms with Gasteiger partial charge in [0.1, 0.15) is 18.2 Å². The molecular weight excluding hydrogens is 339 g/mol. The Bertz CT molecular complexity index is 666. The Hall–Kier alpha value is -2.14. The molecule has 0 bridgehead atoms. The van der Waals surface area contributed by atoms with Crippen LogP contribution in [-0.4, -0.2) is 11.1 Å². The fraction of sp³-hybridized carbons (Fsp3) is 0.0625. The first-order valence-corrected chi connectivity index (χ1v) is 6.91. The lowest BCUT2D eigenvalue weighted by atomic mass is 10.2. The topological polar surface area (TPSA) is 46.5 Å². The van der Waals surface area contributed by atoms with Gasteiger partial charge in [0.2, 0.25) is 0 Å². The smallest absolute Gasteiger partial charge is 0.328 e. The minimum Gasteiger partial charge on any atom is -0.489 e. The van der Waals surface area contributed by atoms with E-state index in [9.17, 15) is 9.18 Å². The van der Waals surface area contributed by atoms with Crippen LogP contribution in [0.2, 0.25) is 0 Å². The molecule has 21 heavy (non-hydrogen) atoms. The number of aliphatic carboxylic acids is 1. The molecule has 0 fully saturated rings. The van der Waals surface area contributed by atoms with E-state index in [4.69, 9.17) is 9.84 Å². The fourth-order valence-electron chi connectivity index (χ4n) is 1.68. The molecule has 0 saturated heterocycles. The van der Waals surface area contributed by atoms with Gasteiger partial charge in [0.25, 0.3) is 0 Å². The van der Waals surface area contributed by atoms with Crippen molar-refractivity contribution in [1.29, 1.82) is 0 Å². The Kier molecular flexibility index (Phi) is 5.11. The Morgan fingerprint density at radius 3 is 2.62 bits per heavy atom. The van der Waals surface area contributed by atoms with E-state index in [1.807, 2.05) is 24.3 Å². The lowest BCUT2D eigenvalue weighted by Crippen LogP contribution is -1.96. The molecule has 0 aromatic heterocycles. The monoisotopic (exact) mass is 350 g/mol. The van der Waals surface area contributed by atoms with Crippen LogP contribution in [0.3, 0.4) is 0 Å². The Morgan fingerprint density at radius 2 is 1.95 bits per heavy atom. The molecule has 0 amide bonds. The van der Waals surface area contributed by atoms with Crippen molar-refractivity contribution in [2.75, 3.05) is 0 Å². The SMILES string of the molecule is O=C(O)/C=C/c1cc(F)cc(OCc2ccc(Br)cc2)c1. The number of carboxylic acids is 1. The van der Waals surface area contributed by atoms with E-state index < -0.39 is 11.8 Å². The van der Waals surface area contributed by atoms with Crippen molar-refractivity contribution in [1.82, 2.24) is 0 Å². The van der Waals surface area contributed by atoms with Crippen molar-refractivity contribution in [2.45, 2.75) is 6.61 Å². The van der Waals surface area contributed by atoms with Crippen molar-refractivity contribution in [3.63, 3.8) is 0 Å². The second-order valence-corrected chi connectivity index (χ2v) is 5.22. The molecule has 0 aliphatic heterocycles. The normalized spacial score (nSPS) is 10.8. The highest BCUT2D eigenvalue weighted by Gasteiger charge is 2.02. The third kappa shape index (κ3) is 5.04. The molecule has 3 nitrogen and oxygen atoms in total. The van der Waals surface area contributed by atoms with Crippen LogP contribution < -0.4 is 4.74 Å². The van der Waals surface area contributed by atoms with Crippen molar-refractivity contribution >= 4 is 28.0 Å². The molecule has 1 N–H and O–H groups in total. The highest BCUT2D eigenvalue weighted by Crippen LogP contribution is 2.19. The number of benzene rings is 2. The average Bonchev–Trinajstić information content (AvgIpc) is 2.44. The number of halogens is 2. The second-order valence-electron chi connectivity index (χ2n) is 4.31. The summed E-state index contributed by atoms with van der Waals surface area (Å²) in [6.45, 7) is 0.304. The van der Waals surface area contributed by atoms with E-state index in [2.05, 4.69) is 15.9 Å². The Labute approximate surface area is 129 Å². The van der Waals surface area contributed by atoms with Gasteiger partial charge in [-0.05, 0) is 41.5 Å². The summed E-state index contributed by atoms with van der Waals surface area (Å²) in [7, 11) is 0. The fourth-order valence-corrected chi connectivity index (χ4v) is 1.94. The first kappa shape index (κ1) is 15.3. The maximum Gasteiger partial charge on any atom is 0.328 e. The summed E-state index contributed by atoms with van der Waals surface area (Å²) < 4.78 is 20.0. The third-order valence-electron chi connectivity index (χ3n) is 2.63. The number of carbonyl (C=O) groups is 1. The van der Waals surface area contributed by atoms with Gasteiger partial charge in [-0.15, -0.1) is 0 Å². The van der Waals surface area contributed by atoms with Gasteiger partial charge in [-0.25, -0.2) is 9.18 Å². The van der Waals surface area contributed by atoms with Crippen LogP contribution in [0.5, 0.6) is 5.75 Å². The van der Waals surface area contributed by atoms with Gasteiger partial charge < -0.3 is 9.84 Å². The highest BCUT2D eigenvalue weighted by atomic mass is 79.9. The average molecular weight is 351 g/mol. The first-order chi connectivity index (χ1) is 10.0. The van der Waals surface area contributed by atoms with E-state index in [0.717, 1.165) is 16.1 Å². The van der Waals surface area contributed by atoms with Crippen molar-refractivity contribution in [3.8, 4) is 5.75 Å². The van der Waals surface area contributed by atoms with Gasteiger partial charge in [-0.1, -0.05) is 28.1 Å². The summed E-state index contributed by atoms with van der Waals surface area (Å²) in [5, 5.41) is 8.57. The molecule has 2 rings (SSSR count). The second kappa shape index (κ2) is 7.04. The van der Waals surface area contributed by atoms with E-state index in [-0.39, 0.29) is 0 Å². The largest absolute Gasteiger partial charge is 0.489 e. The number of ether oxygens (including phenoxy) is 1. The van der Waals surface area contributed by atoms with Gasteiger partial charge >= 0.3 is 5.97 Å². The van der Waals surface area contributed by atoms with Gasteiger partial charge in [0.05, 0.1) is 0 Å². The van der Waals surface area contributed by atoms with Gasteiger partial charge in [0.15, 0.2) is 0 Å². The lowest BCUT2D eigenvalue weighted by Gasteiger charge is -2.07. The zero-order valence-electron chi connectivity index (χ0n) is 10.9. The Balaban J connectivity index is 2.09. The third-order valence-corrected chi connectivity index (χ3v) is 3.16. The number of hydrogen-bond acceptors (Lipinski definition) is 2. The van der Waals surface area contributed by atoms with E-state index >= 15 is 0 Å².